The molecule has 0 saturated heterocycles. The molecule has 6 nitrogen and oxygen atoms in total. The first-order valence-corrected chi connectivity index (χ1v) is 15.3. The first-order valence-electron chi connectivity index (χ1n) is 13.3. The molecule has 0 unspecified atom stereocenters. The van der Waals surface area contributed by atoms with Crippen LogP contribution in [0.4, 0.5) is 5.82 Å². The Morgan fingerprint density at radius 2 is 1.14 bits per heavy atom. The van der Waals surface area contributed by atoms with E-state index in [0.29, 0.717) is 11.7 Å². The summed E-state index contributed by atoms with van der Waals surface area (Å²) in [6.45, 7) is 1.32. The number of fused-ring (bicyclic) bond motifs is 2. The number of ether oxygens (including phenoxy) is 2. The van der Waals surface area contributed by atoms with Crippen molar-refractivity contribution in [1.29, 1.82) is 0 Å². The van der Waals surface area contributed by atoms with Crippen LogP contribution in [0.15, 0.2) is 118 Å². The molecule has 228 valence electrons. The molecule has 9 heteroatoms. The van der Waals surface area contributed by atoms with Crippen LogP contribution in [-0.2, 0) is 13.1 Å². The van der Waals surface area contributed by atoms with E-state index in [0.717, 1.165) is 60.2 Å². The van der Waals surface area contributed by atoms with Gasteiger partial charge in [0.1, 0.15) is 22.5 Å². The van der Waals surface area contributed by atoms with Crippen molar-refractivity contribution in [2.45, 2.75) is 20.5 Å². The highest BCUT2D eigenvalue weighted by atomic mass is 79.9. The molecule has 0 saturated carbocycles. The van der Waals surface area contributed by atoms with Crippen molar-refractivity contribution in [1.82, 2.24) is 9.97 Å². The summed E-state index contributed by atoms with van der Waals surface area (Å²) in [7, 11) is 3.32. The van der Waals surface area contributed by atoms with Crippen LogP contribution in [0.3, 0.4) is 0 Å². The zero-order valence-corrected chi connectivity index (χ0v) is 27.7. The van der Waals surface area contributed by atoms with Crippen molar-refractivity contribution in [3.05, 3.63) is 134 Å². The quantitative estimate of drug-likeness (QED) is 0.166. The molecular weight excluding hydrogens is 704 g/mol. The van der Waals surface area contributed by atoms with Crippen molar-refractivity contribution in [2.75, 3.05) is 19.5 Å². The van der Waals surface area contributed by atoms with E-state index in [9.17, 15) is 0 Å². The molecule has 2 heterocycles. The van der Waals surface area contributed by atoms with Gasteiger partial charge in [0.15, 0.2) is 0 Å². The summed E-state index contributed by atoms with van der Waals surface area (Å²) in [5.41, 5.74) is 9.60. The van der Waals surface area contributed by atoms with Gasteiger partial charge in [-0.1, -0.05) is 87.3 Å². The Labute approximate surface area is 280 Å². The zero-order valence-electron chi connectivity index (χ0n) is 23.7. The molecule has 0 spiro atoms. The standard InChI is InChI=1S/C17H15BrN2O.C9H5BrClN.C8H11NO.CH4/c1-21-15-7-2-12(3-8-15)11-19-17-9-5-13-4-6-14(18)10-16(13)20-17;10-7-3-1-6-2-4-9(11)12-8(6)5-7;1-10-8-4-2-7(6-9)3-5-8;/h2-10H,11H2,1H3,(H,19,20);1-5H;2-5H,6,9H2,1H3;1H4. The molecule has 0 aliphatic heterocycles. The maximum Gasteiger partial charge on any atom is 0.129 e. The number of methoxy groups -OCH3 is 2. The lowest BCUT2D eigenvalue weighted by atomic mass is 10.2. The maximum atomic E-state index is 5.74. The molecule has 4 aromatic carbocycles. The Bertz CT molecular complexity index is 1710. The summed E-state index contributed by atoms with van der Waals surface area (Å²) >= 11 is 12.6. The van der Waals surface area contributed by atoms with Gasteiger partial charge in [-0.3, -0.25) is 0 Å². The Balaban J connectivity index is 0.000000196. The van der Waals surface area contributed by atoms with Gasteiger partial charge in [0.25, 0.3) is 0 Å². The predicted molar refractivity (Wildman–Crippen MR) is 192 cm³/mol. The number of nitrogens with zero attached hydrogens (tertiary/aromatic N) is 2. The largest absolute Gasteiger partial charge is 0.497 e. The molecule has 6 aromatic rings. The summed E-state index contributed by atoms with van der Waals surface area (Å²) in [6.07, 6.45) is 0. The fraction of sp³-hybridized carbons (Fsp3) is 0.143. The van der Waals surface area contributed by atoms with Crippen molar-refractivity contribution in [2.24, 2.45) is 5.73 Å². The third-order valence-electron chi connectivity index (χ3n) is 6.30. The predicted octanol–water partition coefficient (Wildman–Crippen LogP) is 10.1. The van der Waals surface area contributed by atoms with Crippen LogP contribution in [0.2, 0.25) is 5.15 Å². The first-order chi connectivity index (χ1) is 20.9. The number of benzene rings is 4. The Kier molecular flexibility index (Phi) is 13.9. The fourth-order valence-corrected chi connectivity index (χ4v) is 4.80. The zero-order chi connectivity index (χ0) is 30.6. The van der Waals surface area contributed by atoms with Gasteiger partial charge in [-0.05, 0) is 83.9 Å². The Morgan fingerprint density at radius 1 is 0.659 bits per heavy atom. The highest BCUT2D eigenvalue weighted by Gasteiger charge is 2.00. The third kappa shape index (κ3) is 10.5. The van der Waals surface area contributed by atoms with Gasteiger partial charge in [0, 0.05) is 32.8 Å². The molecule has 0 radical (unpaired) electrons. The number of hydrogen-bond donors (Lipinski definition) is 2. The minimum Gasteiger partial charge on any atom is -0.497 e. The molecule has 0 amide bonds. The van der Waals surface area contributed by atoms with Gasteiger partial charge < -0.3 is 20.5 Å². The van der Waals surface area contributed by atoms with Crippen LogP contribution in [0.1, 0.15) is 18.6 Å². The smallest absolute Gasteiger partial charge is 0.129 e. The van der Waals surface area contributed by atoms with Gasteiger partial charge >= 0.3 is 0 Å². The van der Waals surface area contributed by atoms with Crippen LogP contribution in [-0.4, -0.2) is 24.2 Å². The molecule has 0 atom stereocenters. The summed E-state index contributed by atoms with van der Waals surface area (Å²) in [5.74, 6) is 2.61. The Hall–Kier alpha value is -3.69. The number of rotatable bonds is 6. The number of aromatic nitrogens is 2. The summed E-state index contributed by atoms with van der Waals surface area (Å²) < 4.78 is 12.2. The van der Waals surface area contributed by atoms with E-state index in [-0.39, 0.29) is 7.43 Å². The van der Waals surface area contributed by atoms with Crippen LogP contribution < -0.4 is 20.5 Å². The van der Waals surface area contributed by atoms with Crippen LogP contribution in [0.25, 0.3) is 21.8 Å². The lowest BCUT2D eigenvalue weighted by Crippen LogP contribution is -2.01. The second-order valence-corrected chi connectivity index (χ2v) is 11.5. The highest BCUT2D eigenvalue weighted by Crippen LogP contribution is 2.21. The van der Waals surface area contributed by atoms with E-state index in [4.69, 9.17) is 26.8 Å². The number of hydrogen-bond acceptors (Lipinski definition) is 6. The molecular formula is C35H35Br2ClN4O2. The van der Waals surface area contributed by atoms with Crippen molar-refractivity contribution >= 4 is 71.1 Å². The fourth-order valence-electron chi connectivity index (χ4n) is 3.95. The second kappa shape index (κ2) is 17.6. The molecule has 0 aliphatic rings. The second-order valence-electron chi connectivity index (χ2n) is 9.26. The number of anilines is 1. The topological polar surface area (TPSA) is 82.3 Å². The number of pyridine rings is 2. The van der Waals surface area contributed by atoms with E-state index < -0.39 is 0 Å². The third-order valence-corrected chi connectivity index (χ3v) is 7.50. The first kappa shape index (κ1) is 34.8. The van der Waals surface area contributed by atoms with Crippen LogP contribution in [0.5, 0.6) is 11.5 Å². The molecule has 3 N–H and O–H groups in total. The summed E-state index contributed by atoms with van der Waals surface area (Å²) in [4.78, 5) is 8.79. The monoisotopic (exact) mass is 736 g/mol. The van der Waals surface area contributed by atoms with Gasteiger partial charge in [0.2, 0.25) is 0 Å². The average molecular weight is 739 g/mol. The molecule has 2 aromatic heterocycles. The summed E-state index contributed by atoms with van der Waals surface area (Å²) in [6, 6.07) is 35.6. The molecule has 0 bridgehead atoms. The molecule has 6 rings (SSSR count). The number of nitrogens with two attached hydrogens (primary N) is 1. The molecule has 0 fully saturated rings. The van der Waals surface area contributed by atoms with E-state index in [1.165, 1.54) is 5.56 Å². The van der Waals surface area contributed by atoms with E-state index in [1.807, 2.05) is 91.0 Å². The molecule has 0 aliphatic carbocycles. The molecule has 44 heavy (non-hydrogen) atoms. The Morgan fingerprint density at radius 3 is 1.66 bits per heavy atom. The van der Waals surface area contributed by atoms with Gasteiger partial charge in [-0.2, -0.15) is 0 Å². The van der Waals surface area contributed by atoms with Crippen LogP contribution >= 0.6 is 43.5 Å². The van der Waals surface area contributed by atoms with Crippen molar-refractivity contribution in [3.63, 3.8) is 0 Å². The number of halogens is 3. The normalized spacial score (nSPS) is 10.0. The van der Waals surface area contributed by atoms with Gasteiger partial charge in [-0.15, -0.1) is 0 Å². The lowest BCUT2D eigenvalue weighted by Gasteiger charge is -2.08. The van der Waals surface area contributed by atoms with E-state index in [2.05, 4.69) is 59.3 Å². The highest BCUT2D eigenvalue weighted by molar-refractivity contribution is 9.10. The summed E-state index contributed by atoms with van der Waals surface area (Å²) in [5, 5.41) is 6.10. The average Bonchev–Trinajstić information content (AvgIpc) is 3.04. The van der Waals surface area contributed by atoms with Crippen LogP contribution in [0, 0.1) is 0 Å². The number of nitrogens with one attached hydrogen (secondary N) is 1. The van der Waals surface area contributed by atoms with Crippen molar-refractivity contribution < 1.29 is 9.47 Å². The van der Waals surface area contributed by atoms with Gasteiger partial charge in [-0.25, -0.2) is 9.97 Å². The van der Waals surface area contributed by atoms with Crippen molar-refractivity contribution in [3.8, 4) is 11.5 Å². The lowest BCUT2D eigenvalue weighted by molar-refractivity contribution is 0.414. The SMILES string of the molecule is C.COc1ccc(CN)cc1.COc1ccc(CNc2ccc3ccc(Br)cc3n2)cc1.Clc1ccc2ccc(Br)cc2n1. The maximum absolute atomic E-state index is 5.74. The minimum absolute atomic E-state index is 0. The minimum atomic E-state index is 0. The van der Waals surface area contributed by atoms with E-state index >= 15 is 0 Å². The van der Waals surface area contributed by atoms with E-state index in [1.54, 1.807) is 20.3 Å². The van der Waals surface area contributed by atoms with Gasteiger partial charge in [0.05, 0.1) is 25.3 Å².